The Bertz CT molecular complexity index is 547. The highest BCUT2D eigenvalue weighted by atomic mass is 16.6. The SMILES string of the molecule is COCCC1(CNc2cccc(C#N)c2[N+](=O)[O-])CC1. The molecular formula is C14H17N3O3. The lowest BCUT2D eigenvalue weighted by atomic mass is 10.0. The Kier molecular flexibility index (Phi) is 4.20. The van der Waals surface area contributed by atoms with Crippen LogP contribution < -0.4 is 5.32 Å². The molecule has 0 atom stereocenters. The van der Waals surface area contributed by atoms with Crippen molar-refractivity contribution >= 4 is 11.4 Å². The van der Waals surface area contributed by atoms with Crippen LogP contribution in [0.5, 0.6) is 0 Å². The van der Waals surface area contributed by atoms with Crippen LogP contribution in [0.3, 0.4) is 0 Å². The van der Waals surface area contributed by atoms with Crippen molar-refractivity contribution in [2.45, 2.75) is 19.3 Å². The number of nitro benzene ring substituents is 1. The first-order chi connectivity index (χ1) is 9.62. The van der Waals surface area contributed by atoms with Crippen LogP contribution in [0, 0.1) is 26.9 Å². The molecule has 0 unspecified atom stereocenters. The van der Waals surface area contributed by atoms with Crippen molar-refractivity contribution in [3.63, 3.8) is 0 Å². The average molecular weight is 275 g/mol. The first kappa shape index (κ1) is 14.3. The van der Waals surface area contributed by atoms with E-state index in [-0.39, 0.29) is 16.7 Å². The molecule has 2 rings (SSSR count). The predicted octanol–water partition coefficient (Wildman–Crippen LogP) is 2.70. The quantitative estimate of drug-likeness (QED) is 0.610. The van der Waals surface area contributed by atoms with Crippen LogP contribution in [-0.2, 0) is 4.74 Å². The highest BCUT2D eigenvalue weighted by Crippen LogP contribution is 2.49. The number of benzene rings is 1. The molecule has 1 N–H and O–H groups in total. The molecule has 0 amide bonds. The van der Waals surface area contributed by atoms with Crippen LogP contribution in [-0.4, -0.2) is 25.2 Å². The van der Waals surface area contributed by atoms with Gasteiger partial charge < -0.3 is 10.1 Å². The number of nitrogens with zero attached hydrogens (tertiary/aromatic N) is 2. The maximum atomic E-state index is 11.1. The summed E-state index contributed by atoms with van der Waals surface area (Å²) in [5.74, 6) is 0. The molecule has 1 aromatic carbocycles. The maximum Gasteiger partial charge on any atom is 0.309 e. The molecule has 1 fully saturated rings. The van der Waals surface area contributed by atoms with Gasteiger partial charge in [-0.1, -0.05) is 6.07 Å². The molecule has 6 nitrogen and oxygen atoms in total. The molecule has 6 heteroatoms. The van der Waals surface area contributed by atoms with Crippen LogP contribution in [0.25, 0.3) is 0 Å². The number of nitrogens with one attached hydrogen (secondary N) is 1. The molecule has 0 radical (unpaired) electrons. The smallest absolute Gasteiger partial charge is 0.309 e. The molecule has 0 bridgehead atoms. The summed E-state index contributed by atoms with van der Waals surface area (Å²) in [7, 11) is 1.67. The minimum absolute atomic E-state index is 0.0849. The summed E-state index contributed by atoms with van der Waals surface area (Å²) in [6, 6.07) is 6.62. The highest BCUT2D eigenvalue weighted by molar-refractivity contribution is 5.68. The fourth-order valence-electron chi connectivity index (χ4n) is 2.27. The minimum atomic E-state index is -0.504. The van der Waals surface area contributed by atoms with Crippen molar-refractivity contribution in [2.24, 2.45) is 5.41 Å². The van der Waals surface area contributed by atoms with Gasteiger partial charge in [-0.3, -0.25) is 10.1 Å². The number of nitro groups is 1. The van der Waals surface area contributed by atoms with Crippen molar-refractivity contribution in [3.8, 4) is 6.07 Å². The van der Waals surface area contributed by atoms with Crippen LogP contribution >= 0.6 is 0 Å². The zero-order valence-electron chi connectivity index (χ0n) is 11.4. The summed E-state index contributed by atoms with van der Waals surface area (Å²) in [6.07, 6.45) is 3.16. The molecule has 0 aliphatic heterocycles. The second kappa shape index (κ2) is 5.88. The van der Waals surface area contributed by atoms with E-state index in [4.69, 9.17) is 10.00 Å². The van der Waals surface area contributed by atoms with E-state index < -0.39 is 4.92 Å². The van der Waals surface area contributed by atoms with Crippen LogP contribution in [0.4, 0.5) is 11.4 Å². The van der Waals surface area contributed by atoms with Gasteiger partial charge in [-0.2, -0.15) is 5.26 Å². The van der Waals surface area contributed by atoms with Gasteiger partial charge in [-0.25, -0.2) is 0 Å². The molecule has 1 aliphatic rings. The number of hydrogen-bond acceptors (Lipinski definition) is 5. The first-order valence-corrected chi connectivity index (χ1v) is 6.52. The molecule has 0 spiro atoms. The Labute approximate surface area is 117 Å². The van der Waals surface area contributed by atoms with E-state index in [1.165, 1.54) is 6.07 Å². The Balaban J connectivity index is 2.10. The van der Waals surface area contributed by atoms with Gasteiger partial charge in [-0.05, 0) is 36.8 Å². The summed E-state index contributed by atoms with van der Waals surface area (Å²) in [5.41, 5.74) is 0.545. The van der Waals surface area contributed by atoms with Crippen LogP contribution in [0.2, 0.25) is 0 Å². The molecule has 0 aromatic heterocycles. The lowest BCUT2D eigenvalue weighted by Gasteiger charge is -2.16. The van der Waals surface area contributed by atoms with Crippen LogP contribution in [0.15, 0.2) is 18.2 Å². The summed E-state index contributed by atoms with van der Waals surface area (Å²) in [6.45, 7) is 1.37. The number of nitriles is 1. The van der Waals surface area contributed by atoms with E-state index in [2.05, 4.69) is 5.32 Å². The molecule has 20 heavy (non-hydrogen) atoms. The number of ether oxygens (including phenoxy) is 1. The van der Waals surface area contributed by atoms with Gasteiger partial charge in [0, 0.05) is 20.3 Å². The van der Waals surface area contributed by atoms with Crippen molar-refractivity contribution in [2.75, 3.05) is 25.6 Å². The molecule has 106 valence electrons. The highest BCUT2D eigenvalue weighted by Gasteiger charge is 2.42. The Morgan fingerprint density at radius 3 is 2.85 bits per heavy atom. The molecular weight excluding hydrogens is 258 g/mol. The number of anilines is 1. The van der Waals surface area contributed by atoms with Crippen LogP contribution in [0.1, 0.15) is 24.8 Å². The monoisotopic (exact) mass is 275 g/mol. The molecule has 1 saturated carbocycles. The second-order valence-corrected chi connectivity index (χ2v) is 5.17. The Morgan fingerprint density at radius 2 is 2.30 bits per heavy atom. The van der Waals surface area contributed by atoms with Crippen molar-refractivity contribution in [1.82, 2.24) is 0 Å². The van der Waals surface area contributed by atoms with Gasteiger partial charge in [0.15, 0.2) is 0 Å². The summed E-state index contributed by atoms with van der Waals surface area (Å²) in [5, 5.41) is 23.2. The van der Waals surface area contributed by atoms with E-state index in [0.717, 1.165) is 19.3 Å². The third-order valence-corrected chi connectivity index (χ3v) is 3.79. The molecule has 1 aromatic rings. The van der Waals surface area contributed by atoms with Gasteiger partial charge in [0.1, 0.15) is 17.3 Å². The van der Waals surface area contributed by atoms with E-state index in [9.17, 15) is 10.1 Å². The van der Waals surface area contributed by atoms with Crippen molar-refractivity contribution in [1.29, 1.82) is 5.26 Å². The van der Waals surface area contributed by atoms with Gasteiger partial charge in [0.05, 0.1) is 4.92 Å². The molecule has 0 saturated heterocycles. The normalized spacial score (nSPS) is 15.4. The van der Waals surface area contributed by atoms with E-state index >= 15 is 0 Å². The van der Waals surface area contributed by atoms with Gasteiger partial charge in [0.2, 0.25) is 0 Å². The maximum absolute atomic E-state index is 11.1. The lowest BCUT2D eigenvalue weighted by molar-refractivity contribution is -0.384. The summed E-state index contributed by atoms with van der Waals surface area (Å²) in [4.78, 5) is 10.6. The first-order valence-electron chi connectivity index (χ1n) is 6.52. The average Bonchev–Trinajstić information content (AvgIpc) is 3.22. The number of methoxy groups -OCH3 is 1. The second-order valence-electron chi connectivity index (χ2n) is 5.17. The number of rotatable bonds is 7. The molecule has 0 heterocycles. The number of para-hydroxylation sites is 1. The standard InChI is InChI=1S/C14H17N3O3/c1-20-8-7-14(5-6-14)10-16-12-4-2-3-11(9-15)13(12)17(18)19/h2-4,16H,5-8,10H2,1H3. The van der Waals surface area contributed by atoms with Crippen molar-refractivity contribution < 1.29 is 9.66 Å². The predicted molar refractivity (Wildman–Crippen MR) is 74.5 cm³/mol. The summed E-state index contributed by atoms with van der Waals surface area (Å²) < 4.78 is 5.09. The minimum Gasteiger partial charge on any atom is -0.385 e. The largest absolute Gasteiger partial charge is 0.385 e. The van der Waals surface area contributed by atoms with Crippen molar-refractivity contribution in [3.05, 3.63) is 33.9 Å². The Hall–Kier alpha value is -2.13. The zero-order valence-corrected chi connectivity index (χ0v) is 11.4. The van der Waals surface area contributed by atoms with Gasteiger partial charge >= 0.3 is 5.69 Å². The Morgan fingerprint density at radius 1 is 1.55 bits per heavy atom. The fourth-order valence-corrected chi connectivity index (χ4v) is 2.27. The topological polar surface area (TPSA) is 88.2 Å². The third-order valence-electron chi connectivity index (χ3n) is 3.79. The molecule has 1 aliphatic carbocycles. The fraction of sp³-hybridized carbons (Fsp3) is 0.500. The van der Waals surface area contributed by atoms with E-state index in [1.807, 2.05) is 6.07 Å². The van der Waals surface area contributed by atoms with E-state index in [1.54, 1.807) is 19.2 Å². The van der Waals surface area contributed by atoms with E-state index in [0.29, 0.717) is 18.8 Å². The zero-order chi connectivity index (χ0) is 14.6. The van der Waals surface area contributed by atoms with Gasteiger partial charge in [-0.15, -0.1) is 0 Å². The number of hydrogen-bond donors (Lipinski definition) is 1. The summed E-state index contributed by atoms with van der Waals surface area (Å²) >= 11 is 0. The third kappa shape index (κ3) is 3.06. The van der Waals surface area contributed by atoms with Gasteiger partial charge in [0.25, 0.3) is 0 Å². The lowest BCUT2D eigenvalue weighted by Crippen LogP contribution is -2.18.